The maximum atomic E-state index is 10.7. The number of aromatic nitrogens is 1. The Morgan fingerprint density at radius 1 is 1.30 bits per heavy atom. The Kier molecular flexibility index (Phi) is 4.01. The van der Waals surface area contributed by atoms with E-state index >= 15 is 0 Å². The Bertz CT molecular complexity index is 723. The van der Waals surface area contributed by atoms with Crippen molar-refractivity contribution in [2.75, 3.05) is 0 Å². The Hall–Kier alpha value is -2.39. The van der Waals surface area contributed by atoms with Crippen molar-refractivity contribution in [3.63, 3.8) is 0 Å². The van der Waals surface area contributed by atoms with E-state index in [1.54, 1.807) is 12.1 Å². The highest BCUT2D eigenvalue weighted by Crippen LogP contribution is 2.31. The third-order valence-electron chi connectivity index (χ3n) is 2.70. The number of nitriles is 1. The molecule has 0 aliphatic rings. The fourth-order valence-electron chi connectivity index (χ4n) is 1.75. The summed E-state index contributed by atoms with van der Waals surface area (Å²) in [6, 6.07) is 10.7. The van der Waals surface area contributed by atoms with Crippen LogP contribution in [-0.4, -0.2) is 9.91 Å². The number of pyridine rings is 1. The molecule has 6 heteroatoms. The van der Waals surface area contributed by atoms with Gasteiger partial charge in [0.25, 0.3) is 0 Å². The van der Waals surface area contributed by atoms with Gasteiger partial charge >= 0.3 is 5.69 Å². The molecule has 100 valence electrons. The van der Waals surface area contributed by atoms with Crippen LogP contribution in [-0.2, 0) is 0 Å². The number of nitro groups is 1. The van der Waals surface area contributed by atoms with E-state index in [9.17, 15) is 10.1 Å². The van der Waals surface area contributed by atoms with Crippen molar-refractivity contribution in [1.82, 2.24) is 4.98 Å². The predicted molar refractivity (Wildman–Crippen MR) is 75.6 cm³/mol. The van der Waals surface area contributed by atoms with Crippen molar-refractivity contribution in [3.05, 3.63) is 57.3 Å². The Morgan fingerprint density at radius 2 is 2.05 bits per heavy atom. The van der Waals surface area contributed by atoms with Crippen LogP contribution in [0.4, 0.5) is 5.69 Å². The van der Waals surface area contributed by atoms with Crippen molar-refractivity contribution < 1.29 is 4.92 Å². The van der Waals surface area contributed by atoms with Crippen LogP contribution in [0.2, 0.25) is 0 Å². The first-order valence-corrected chi connectivity index (χ1v) is 6.63. The van der Waals surface area contributed by atoms with E-state index in [1.807, 2.05) is 26.0 Å². The van der Waals surface area contributed by atoms with Gasteiger partial charge in [-0.05, 0) is 31.5 Å². The van der Waals surface area contributed by atoms with E-state index in [0.29, 0.717) is 5.03 Å². The van der Waals surface area contributed by atoms with E-state index in [2.05, 4.69) is 11.1 Å². The molecule has 0 amide bonds. The summed E-state index contributed by atoms with van der Waals surface area (Å²) in [6.07, 6.45) is 0. The highest BCUT2D eigenvalue weighted by Gasteiger charge is 2.16. The fraction of sp³-hybridized carbons (Fsp3) is 0.143. The van der Waals surface area contributed by atoms with Gasteiger partial charge in [-0.3, -0.25) is 10.1 Å². The van der Waals surface area contributed by atoms with Gasteiger partial charge in [0, 0.05) is 11.0 Å². The quantitative estimate of drug-likeness (QED) is 0.635. The van der Waals surface area contributed by atoms with Gasteiger partial charge in [0.15, 0.2) is 0 Å². The van der Waals surface area contributed by atoms with E-state index in [4.69, 9.17) is 5.26 Å². The minimum atomic E-state index is -0.600. The summed E-state index contributed by atoms with van der Waals surface area (Å²) in [5.74, 6) is 0. The van der Waals surface area contributed by atoms with E-state index in [1.165, 1.54) is 23.4 Å². The van der Waals surface area contributed by atoms with E-state index < -0.39 is 4.92 Å². The van der Waals surface area contributed by atoms with Crippen LogP contribution in [0.25, 0.3) is 0 Å². The molecule has 0 radical (unpaired) electrons. The van der Waals surface area contributed by atoms with Crippen LogP contribution in [0.3, 0.4) is 0 Å². The molecule has 1 aromatic carbocycles. The van der Waals surface area contributed by atoms with Gasteiger partial charge in [0.1, 0.15) is 11.1 Å². The van der Waals surface area contributed by atoms with Crippen LogP contribution in [0.15, 0.2) is 40.3 Å². The summed E-state index contributed by atoms with van der Waals surface area (Å²) in [5.41, 5.74) is 1.84. The van der Waals surface area contributed by atoms with Gasteiger partial charge < -0.3 is 0 Å². The molecule has 5 nitrogen and oxygen atoms in total. The largest absolute Gasteiger partial charge is 0.305 e. The highest BCUT2D eigenvalue weighted by atomic mass is 32.2. The van der Waals surface area contributed by atoms with Crippen molar-refractivity contribution >= 4 is 17.4 Å². The molecule has 0 bridgehead atoms. The van der Waals surface area contributed by atoms with Crippen LogP contribution < -0.4 is 0 Å². The first-order valence-electron chi connectivity index (χ1n) is 5.82. The first-order chi connectivity index (χ1) is 9.51. The molecule has 0 spiro atoms. The van der Waals surface area contributed by atoms with Crippen LogP contribution in [0.5, 0.6) is 0 Å². The molecule has 0 N–H and O–H groups in total. The summed E-state index contributed by atoms with van der Waals surface area (Å²) in [6.45, 7) is 4.01. The Morgan fingerprint density at radius 3 is 2.65 bits per heavy atom. The zero-order chi connectivity index (χ0) is 14.7. The molecule has 0 saturated carbocycles. The van der Waals surface area contributed by atoms with Gasteiger partial charge in [0.05, 0.1) is 4.92 Å². The molecule has 2 rings (SSSR count). The second-order valence-electron chi connectivity index (χ2n) is 4.26. The number of aryl methyl sites for hydroxylation is 2. The van der Waals surface area contributed by atoms with Gasteiger partial charge in [-0.2, -0.15) is 5.26 Å². The maximum absolute atomic E-state index is 10.7. The van der Waals surface area contributed by atoms with Crippen molar-refractivity contribution in [2.24, 2.45) is 0 Å². The van der Waals surface area contributed by atoms with Crippen LogP contribution in [0, 0.1) is 35.3 Å². The van der Waals surface area contributed by atoms with Crippen molar-refractivity contribution in [3.8, 4) is 6.07 Å². The lowest BCUT2D eigenvalue weighted by molar-refractivity contribution is -0.385. The summed E-state index contributed by atoms with van der Waals surface area (Å²) in [7, 11) is 0. The average Bonchev–Trinajstić information content (AvgIpc) is 2.41. The Balaban J connectivity index is 2.35. The fourth-order valence-corrected chi connectivity index (χ4v) is 2.60. The number of rotatable bonds is 3. The standard InChI is InChI=1S/C14H11N3O2S/c1-9-3-5-13(10(2)7-9)20-14-6-4-12(17(18)19)11(8-15)16-14/h3-7H,1-2H3. The summed E-state index contributed by atoms with van der Waals surface area (Å²) in [4.78, 5) is 15.2. The normalized spacial score (nSPS) is 10.1. The van der Waals surface area contributed by atoms with Crippen LogP contribution in [0.1, 0.15) is 16.8 Å². The zero-order valence-electron chi connectivity index (χ0n) is 11.0. The third-order valence-corrected chi connectivity index (χ3v) is 3.81. The molecule has 0 fully saturated rings. The highest BCUT2D eigenvalue weighted by molar-refractivity contribution is 7.99. The van der Waals surface area contributed by atoms with Crippen LogP contribution >= 0.6 is 11.8 Å². The second-order valence-corrected chi connectivity index (χ2v) is 5.32. The molecule has 0 unspecified atom stereocenters. The molecule has 0 saturated heterocycles. The molecule has 0 aliphatic carbocycles. The average molecular weight is 285 g/mol. The SMILES string of the molecule is Cc1ccc(Sc2ccc([N+](=O)[O-])c(C#N)n2)c(C)c1. The molecule has 20 heavy (non-hydrogen) atoms. The minimum Gasteiger partial charge on any atom is -0.258 e. The van der Waals surface area contributed by atoms with Gasteiger partial charge in [0.2, 0.25) is 5.69 Å². The zero-order valence-corrected chi connectivity index (χ0v) is 11.8. The lowest BCUT2D eigenvalue weighted by Gasteiger charge is -2.06. The van der Waals surface area contributed by atoms with Gasteiger partial charge in [-0.1, -0.05) is 29.5 Å². The molecule has 0 aliphatic heterocycles. The smallest absolute Gasteiger partial charge is 0.258 e. The maximum Gasteiger partial charge on any atom is 0.305 e. The molecule has 0 atom stereocenters. The molecule has 2 aromatic rings. The summed E-state index contributed by atoms with van der Waals surface area (Å²) < 4.78 is 0. The second kappa shape index (κ2) is 5.72. The lowest BCUT2D eigenvalue weighted by atomic mass is 10.2. The first kappa shape index (κ1) is 14.0. The van der Waals surface area contributed by atoms with Crippen molar-refractivity contribution in [2.45, 2.75) is 23.8 Å². The van der Waals surface area contributed by atoms with Crippen molar-refractivity contribution in [1.29, 1.82) is 5.26 Å². The number of nitrogens with zero attached hydrogens (tertiary/aromatic N) is 3. The molecular weight excluding hydrogens is 274 g/mol. The lowest BCUT2D eigenvalue weighted by Crippen LogP contribution is -1.96. The molecule has 1 heterocycles. The van der Waals surface area contributed by atoms with E-state index in [0.717, 1.165) is 10.5 Å². The summed E-state index contributed by atoms with van der Waals surface area (Å²) in [5, 5.41) is 20.2. The topological polar surface area (TPSA) is 79.8 Å². The van der Waals surface area contributed by atoms with Gasteiger partial charge in [-0.25, -0.2) is 4.98 Å². The number of hydrogen-bond donors (Lipinski definition) is 0. The summed E-state index contributed by atoms with van der Waals surface area (Å²) >= 11 is 1.39. The molecule has 1 aromatic heterocycles. The monoisotopic (exact) mass is 285 g/mol. The minimum absolute atomic E-state index is 0.162. The molecular formula is C14H11N3O2S. The number of benzene rings is 1. The number of hydrogen-bond acceptors (Lipinski definition) is 5. The van der Waals surface area contributed by atoms with Gasteiger partial charge in [-0.15, -0.1) is 0 Å². The Labute approximate surface area is 120 Å². The van der Waals surface area contributed by atoms with E-state index in [-0.39, 0.29) is 11.4 Å². The third kappa shape index (κ3) is 2.95. The predicted octanol–water partition coefficient (Wildman–Crippen LogP) is 3.63.